The Labute approximate surface area is 118 Å². The molecule has 106 valence electrons. The minimum atomic E-state index is -0.0312. The maximum absolute atomic E-state index is 12.3. The van der Waals surface area contributed by atoms with Gasteiger partial charge in [0.2, 0.25) is 0 Å². The highest BCUT2D eigenvalue weighted by Crippen LogP contribution is 2.17. The van der Waals surface area contributed by atoms with Gasteiger partial charge < -0.3 is 14.6 Å². The number of nitrogens with zero attached hydrogens (tertiary/aromatic N) is 2. The number of hydrogen-bond acceptors (Lipinski definition) is 4. The van der Waals surface area contributed by atoms with Gasteiger partial charge in [0.15, 0.2) is 12.0 Å². The van der Waals surface area contributed by atoms with Gasteiger partial charge in [-0.15, -0.1) is 0 Å². The van der Waals surface area contributed by atoms with Gasteiger partial charge in [0.25, 0.3) is 5.91 Å². The fourth-order valence-electron chi connectivity index (χ4n) is 2.82. The van der Waals surface area contributed by atoms with E-state index in [4.69, 9.17) is 4.42 Å². The quantitative estimate of drug-likeness (QED) is 0.908. The normalized spacial score (nSPS) is 23.9. The number of amides is 1. The molecule has 0 spiro atoms. The first kappa shape index (κ1) is 13.1. The zero-order chi connectivity index (χ0) is 14.1. The lowest BCUT2D eigenvalue weighted by atomic mass is 9.94. The summed E-state index contributed by atoms with van der Waals surface area (Å²) in [5, 5.41) is 3.14. The second-order valence-electron chi connectivity index (χ2n) is 5.64. The van der Waals surface area contributed by atoms with E-state index in [-0.39, 0.29) is 11.9 Å². The van der Waals surface area contributed by atoms with E-state index in [1.54, 1.807) is 18.2 Å². The summed E-state index contributed by atoms with van der Waals surface area (Å²) in [6.45, 7) is 4.23. The molecule has 0 aliphatic carbocycles. The standard InChI is InChI=1S/C15H19N3O2/c1-10-8-18(2)6-5-12(10)17-15(19)11-3-4-14-13(7-11)16-9-20-14/h3-4,7,9-10,12H,5-6,8H2,1-2H3,(H,17,19). The van der Waals surface area contributed by atoms with E-state index in [0.717, 1.165) is 19.5 Å². The number of oxazole rings is 1. The van der Waals surface area contributed by atoms with Crippen molar-refractivity contribution in [3.8, 4) is 0 Å². The second kappa shape index (κ2) is 5.25. The van der Waals surface area contributed by atoms with Gasteiger partial charge in [0, 0.05) is 18.2 Å². The Morgan fingerprint density at radius 2 is 2.35 bits per heavy atom. The number of rotatable bonds is 2. The molecule has 0 radical (unpaired) electrons. The van der Waals surface area contributed by atoms with E-state index in [1.807, 2.05) is 0 Å². The zero-order valence-corrected chi connectivity index (χ0v) is 11.8. The van der Waals surface area contributed by atoms with Crippen molar-refractivity contribution in [3.63, 3.8) is 0 Å². The first-order valence-corrected chi connectivity index (χ1v) is 6.96. The third kappa shape index (κ3) is 2.54. The van der Waals surface area contributed by atoms with Crippen LogP contribution < -0.4 is 5.32 Å². The van der Waals surface area contributed by atoms with Gasteiger partial charge in [-0.3, -0.25) is 4.79 Å². The van der Waals surface area contributed by atoms with Crippen LogP contribution in [-0.2, 0) is 0 Å². The summed E-state index contributed by atoms with van der Waals surface area (Å²) in [5.74, 6) is 0.435. The van der Waals surface area contributed by atoms with Gasteiger partial charge in [-0.1, -0.05) is 6.92 Å². The fraction of sp³-hybridized carbons (Fsp3) is 0.467. The van der Waals surface area contributed by atoms with Gasteiger partial charge in [-0.2, -0.15) is 0 Å². The Balaban J connectivity index is 1.72. The van der Waals surface area contributed by atoms with Crippen LogP contribution in [0.15, 0.2) is 29.0 Å². The van der Waals surface area contributed by atoms with Gasteiger partial charge in [-0.05, 0) is 44.1 Å². The lowest BCUT2D eigenvalue weighted by Crippen LogP contribution is -2.48. The van der Waals surface area contributed by atoms with E-state index < -0.39 is 0 Å². The molecule has 1 amide bonds. The molecule has 1 N–H and O–H groups in total. The molecule has 5 heteroatoms. The van der Waals surface area contributed by atoms with E-state index >= 15 is 0 Å². The summed E-state index contributed by atoms with van der Waals surface area (Å²) >= 11 is 0. The van der Waals surface area contributed by atoms with Crippen LogP contribution >= 0.6 is 0 Å². The van der Waals surface area contributed by atoms with Crippen molar-refractivity contribution in [2.24, 2.45) is 5.92 Å². The van der Waals surface area contributed by atoms with Crippen LogP contribution in [-0.4, -0.2) is 42.0 Å². The second-order valence-corrected chi connectivity index (χ2v) is 5.64. The average Bonchev–Trinajstić information content (AvgIpc) is 2.89. The maximum Gasteiger partial charge on any atom is 0.251 e. The van der Waals surface area contributed by atoms with E-state index in [0.29, 0.717) is 22.6 Å². The van der Waals surface area contributed by atoms with Crippen LogP contribution in [0, 0.1) is 5.92 Å². The lowest BCUT2D eigenvalue weighted by Gasteiger charge is -2.35. The highest BCUT2D eigenvalue weighted by molar-refractivity contribution is 5.97. The molecule has 1 saturated heterocycles. The van der Waals surface area contributed by atoms with Gasteiger partial charge in [0.05, 0.1) is 0 Å². The summed E-state index contributed by atoms with van der Waals surface area (Å²) in [6, 6.07) is 5.58. The molecule has 3 rings (SSSR count). The molecule has 1 aliphatic rings. The zero-order valence-electron chi connectivity index (χ0n) is 11.8. The van der Waals surface area contributed by atoms with Crippen molar-refractivity contribution in [2.75, 3.05) is 20.1 Å². The molecule has 2 heterocycles. The number of aromatic nitrogens is 1. The SMILES string of the molecule is CC1CN(C)CCC1NC(=O)c1ccc2ocnc2c1. The number of hydrogen-bond donors (Lipinski definition) is 1. The average molecular weight is 273 g/mol. The van der Waals surface area contributed by atoms with E-state index in [2.05, 4.69) is 29.2 Å². The summed E-state index contributed by atoms with van der Waals surface area (Å²) < 4.78 is 5.18. The molecule has 2 unspecified atom stereocenters. The summed E-state index contributed by atoms with van der Waals surface area (Å²) in [6.07, 6.45) is 2.39. The molecule has 20 heavy (non-hydrogen) atoms. The monoisotopic (exact) mass is 273 g/mol. The Bertz CT molecular complexity index is 622. The van der Waals surface area contributed by atoms with Gasteiger partial charge in [-0.25, -0.2) is 4.98 Å². The molecule has 0 bridgehead atoms. The first-order valence-electron chi connectivity index (χ1n) is 6.96. The molecular formula is C15H19N3O2. The minimum Gasteiger partial charge on any atom is -0.443 e. The highest BCUT2D eigenvalue weighted by Gasteiger charge is 2.25. The summed E-state index contributed by atoms with van der Waals surface area (Å²) in [4.78, 5) is 18.7. The van der Waals surface area contributed by atoms with Gasteiger partial charge >= 0.3 is 0 Å². The van der Waals surface area contributed by atoms with Crippen LogP contribution in [0.5, 0.6) is 0 Å². The van der Waals surface area contributed by atoms with E-state index in [9.17, 15) is 4.79 Å². The van der Waals surface area contributed by atoms with Crippen LogP contribution in [0.3, 0.4) is 0 Å². The molecule has 1 aromatic carbocycles. The molecule has 5 nitrogen and oxygen atoms in total. The Hall–Kier alpha value is -1.88. The van der Waals surface area contributed by atoms with Crippen molar-refractivity contribution in [3.05, 3.63) is 30.2 Å². The predicted molar refractivity (Wildman–Crippen MR) is 76.5 cm³/mol. The maximum atomic E-state index is 12.3. The number of carbonyl (C=O) groups excluding carboxylic acids is 1. The first-order chi connectivity index (χ1) is 9.63. The summed E-state index contributed by atoms with van der Waals surface area (Å²) in [5.41, 5.74) is 2.06. The Kier molecular flexibility index (Phi) is 3.44. The molecule has 2 aromatic rings. The van der Waals surface area contributed by atoms with Gasteiger partial charge in [0.1, 0.15) is 5.52 Å². The number of fused-ring (bicyclic) bond motifs is 1. The van der Waals surface area contributed by atoms with Crippen LogP contribution in [0.1, 0.15) is 23.7 Å². The third-order valence-electron chi connectivity index (χ3n) is 4.02. The number of likely N-dealkylation sites (tertiary alicyclic amines) is 1. The van der Waals surface area contributed by atoms with Crippen LogP contribution in [0.4, 0.5) is 0 Å². The molecule has 1 fully saturated rings. The fourth-order valence-corrected chi connectivity index (χ4v) is 2.82. The topological polar surface area (TPSA) is 58.4 Å². The third-order valence-corrected chi connectivity index (χ3v) is 4.02. The summed E-state index contributed by atoms with van der Waals surface area (Å²) in [7, 11) is 2.12. The van der Waals surface area contributed by atoms with Crippen molar-refractivity contribution >= 4 is 17.0 Å². The smallest absolute Gasteiger partial charge is 0.251 e. The van der Waals surface area contributed by atoms with Crippen LogP contribution in [0.25, 0.3) is 11.1 Å². The predicted octanol–water partition coefficient (Wildman–Crippen LogP) is 1.90. The highest BCUT2D eigenvalue weighted by atomic mass is 16.3. The number of nitrogens with one attached hydrogen (secondary N) is 1. The van der Waals surface area contributed by atoms with Crippen molar-refractivity contribution < 1.29 is 9.21 Å². The lowest BCUT2D eigenvalue weighted by molar-refractivity contribution is 0.0884. The van der Waals surface area contributed by atoms with Crippen molar-refractivity contribution in [2.45, 2.75) is 19.4 Å². The Morgan fingerprint density at radius 3 is 3.15 bits per heavy atom. The van der Waals surface area contributed by atoms with Crippen LogP contribution in [0.2, 0.25) is 0 Å². The molecular weight excluding hydrogens is 254 g/mol. The minimum absolute atomic E-state index is 0.0312. The largest absolute Gasteiger partial charge is 0.443 e. The molecule has 0 saturated carbocycles. The molecule has 1 aromatic heterocycles. The number of benzene rings is 1. The molecule has 2 atom stereocenters. The number of piperidine rings is 1. The van der Waals surface area contributed by atoms with E-state index in [1.165, 1.54) is 6.39 Å². The Morgan fingerprint density at radius 1 is 1.50 bits per heavy atom. The molecule has 1 aliphatic heterocycles. The number of carbonyl (C=O) groups is 1. The van der Waals surface area contributed by atoms with Crippen molar-refractivity contribution in [1.82, 2.24) is 15.2 Å². The van der Waals surface area contributed by atoms with Crippen molar-refractivity contribution in [1.29, 1.82) is 0 Å².